The van der Waals surface area contributed by atoms with Crippen LogP contribution in [0.3, 0.4) is 0 Å². The number of hydrazone groups is 1. The van der Waals surface area contributed by atoms with E-state index in [1.54, 1.807) is 32.0 Å². The van der Waals surface area contributed by atoms with Crippen molar-refractivity contribution in [3.8, 4) is 6.07 Å². The van der Waals surface area contributed by atoms with Gasteiger partial charge in [0, 0.05) is 0 Å². The molecule has 0 unspecified atom stereocenters. The molecule has 2 rings (SSSR count). The van der Waals surface area contributed by atoms with E-state index in [0.717, 1.165) is 4.68 Å². The van der Waals surface area contributed by atoms with Crippen LogP contribution < -0.4 is 22.1 Å². The quantitative estimate of drug-likeness (QED) is 0.345. The van der Waals surface area contributed by atoms with Crippen molar-refractivity contribution >= 4 is 34.2 Å². The molecule has 5 N–H and O–H groups in total. The van der Waals surface area contributed by atoms with E-state index >= 15 is 0 Å². The summed E-state index contributed by atoms with van der Waals surface area (Å²) in [7, 11) is 0. The Labute approximate surface area is 147 Å². The van der Waals surface area contributed by atoms with E-state index < -0.39 is 17.5 Å². The molecule has 0 saturated carbocycles. The Morgan fingerprint density at radius 3 is 2.88 bits per heavy atom. The lowest BCUT2D eigenvalue weighted by atomic mass is 10.2. The van der Waals surface area contributed by atoms with Crippen molar-refractivity contribution in [2.24, 2.45) is 10.8 Å². The van der Waals surface area contributed by atoms with Gasteiger partial charge >= 0.3 is 6.09 Å². The normalized spacial score (nSPS) is 10.9. The molecule has 0 spiro atoms. The number of rotatable bonds is 5. The van der Waals surface area contributed by atoms with E-state index in [4.69, 9.17) is 21.1 Å². The van der Waals surface area contributed by atoms with Crippen LogP contribution in [0.15, 0.2) is 28.1 Å². The molecular weight excluding hydrogens is 340 g/mol. The molecule has 1 amide bonds. The van der Waals surface area contributed by atoms with Gasteiger partial charge in [0.05, 0.1) is 23.2 Å². The number of aryl methyl sites for hydroxylation is 1. The summed E-state index contributed by atoms with van der Waals surface area (Å²) in [4.78, 5) is 28.5. The molecule has 0 saturated heterocycles. The number of nitrogens with two attached hydrogens (primary N) is 1. The molecule has 11 heteroatoms. The number of anilines is 1. The first-order valence-electron chi connectivity index (χ1n) is 7.42. The van der Waals surface area contributed by atoms with Gasteiger partial charge < -0.3 is 10.5 Å². The minimum atomic E-state index is -0.780. The molecular formula is C15H16N8O3. The molecule has 2 aromatic rings. The molecule has 0 aliphatic rings. The van der Waals surface area contributed by atoms with E-state index in [0.29, 0.717) is 11.2 Å². The predicted molar refractivity (Wildman–Crippen MR) is 95.7 cm³/mol. The Morgan fingerprint density at radius 1 is 1.54 bits per heavy atom. The fraction of sp³-hybridized carbons (Fsp3) is 0.200. The fourth-order valence-electron chi connectivity index (χ4n) is 2.02. The van der Waals surface area contributed by atoms with E-state index in [1.807, 2.05) is 0 Å². The molecule has 0 fully saturated rings. The zero-order valence-electron chi connectivity index (χ0n) is 14.0. The first kappa shape index (κ1) is 18.4. The van der Waals surface area contributed by atoms with Crippen molar-refractivity contribution in [2.45, 2.75) is 13.8 Å². The van der Waals surface area contributed by atoms with Crippen LogP contribution in [0.1, 0.15) is 12.7 Å². The molecule has 0 aliphatic carbocycles. The van der Waals surface area contributed by atoms with Gasteiger partial charge in [-0.15, -0.1) is 0 Å². The van der Waals surface area contributed by atoms with Gasteiger partial charge in [-0.2, -0.15) is 15.0 Å². The minimum Gasteiger partial charge on any atom is -0.449 e. The molecule has 1 heterocycles. The zero-order valence-corrected chi connectivity index (χ0v) is 14.0. The van der Waals surface area contributed by atoms with Gasteiger partial charge in [-0.1, -0.05) is 0 Å². The standard InChI is InChI=1S/C15H16N8O3/c1-3-26-15(25)22-23-8(2)19-11-5-4-9(6-10(11)14(23)24)20-21-12(7-16)13(17)18/h4-6,20H,3H2,1-2H3,(H3,17,18)(H,22,25)/b21-12+. The Morgan fingerprint density at radius 2 is 2.27 bits per heavy atom. The van der Waals surface area contributed by atoms with E-state index in [2.05, 4.69) is 20.9 Å². The average molecular weight is 356 g/mol. The number of carbonyl (C=O) groups excluding carboxylic acids is 1. The topological polar surface area (TPSA) is 171 Å². The van der Waals surface area contributed by atoms with Crippen LogP contribution in [-0.2, 0) is 4.74 Å². The smallest absolute Gasteiger partial charge is 0.426 e. The number of hydrogen-bond acceptors (Lipinski definition) is 8. The maximum Gasteiger partial charge on any atom is 0.426 e. The first-order chi connectivity index (χ1) is 12.4. The maximum absolute atomic E-state index is 12.6. The average Bonchev–Trinajstić information content (AvgIpc) is 2.59. The third-order valence-corrected chi connectivity index (χ3v) is 3.17. The molecule has 1 aromatic carbocycles. The first-order valence-corrected chi connectivity index (χ1v) is 7.42. The Bertz CT molecular complexity index is 1000. The fourth-order valence-corrected chi connectivity index (χ4v) is 2.02. The third kappa shape index (κ3) is 3.93. The SMILES string of the molecule is CCOC(=O)Nn1c(C)nc2ccc(N/N=C(\C#N)C(=N)N)cc2c1=O. The summed E-state index contributed by atoms with van der Waals surface area (Å²) in [6.45, 7) is 3.36. The number of carbonyl (C=O) groups is 1. The van der Waals surface area contributed by atoms with Crippen LogP contribution in [0.2, 0.25) is 0 Å². The number of nitrogens with zero attached hydrogens (tertiary/aromatic N) is 4. The van der Waals surface area contributed by atoms with E-state index in [9.17, 15) is 9.59 Å². The van der Waals surface area contributed by atoms with Crippen LogP contribution in [0.5, 0.6) is 0 Å². The Kier molecular flexibility index (Phi) is 5.49. The second-order valence-electron chi connectivity index (χ2n) is 4.96. The highest BCUT2D eigenvalue weighted by molar-refractivity contribution is 6.45. The van der Waals surface area contributed by atoms with Crippen molar-refractivity contribution in [3.05, 3.63) is 34.4 Å². The van der Waals surface area contributed by atoms with Crippen molar-refractivity contribution in [1.29, 1.82) is 10.7 Å². The molecule has 0 atom stereocenters. The predicted octanol–water partition coefficient (Wildman–Crippen LogP) is 0.632. The van der Waals surface area contributed by atoms with Gasteiger partial charge in [0.25, 0.3) is 5.56 Å². The summed E-state index contributed by atoms with van der Waals surface area (Å²) in [6, 6.07) is 6.29. The van der Waals surface area contributed by atoms with Gasteiger partial charge in [0.2, 0.25) is 5.71 Å². The van der Waals surface area contributed by atoms with Crippen LogP contribution in [-0.4, -0.2) is 33.9 Å². The van der Waals surface area contributed by atoms with Crippen molar-refractivity contribution < 1.29 is 9.53 Å². The summed E-state index contributed by atoms with van der Waals surface area (Å²) in [6.07, 6.45) is -0.780. The number of amides is 1. The zero-order chi connectivity index (χ0) is 19.3. The van der Waals surface area contributed by atoms with Crippen LogP contribution >= 0.6 is 0 Å². The second-order valence-corrected chi connectivity index (χ2v) is 4.96. The summed E-state index contributed by atoms with van der Waals surface area (Å²) >= 11 is 0. The molecule has 11 nitrogen and oxygen atoms in total. The van der Waals surface area contributed by atoms with Crippen molar-refractivity contribution in [1.82, 2.24) is 9.66 Å². The van der Waals surface area contributed by atoms with Crippen molar-refractivity contribution in [3.63, 3.8) is 0 Å². The summed E-state index contributed by atoms with van der Waals surface area (Å²) in [5.41, 5.74) is 10.0. The minimum absolute atomic E-state index is 0.157. The van der Waals surface area contributed by atoms with Gasteiger partial charge in [-0.25, -0.2) is 15.2 Å². The van der Waals surface area contributed by atoms with Crippen LogP contribution in [0.25, 0.3) is 10.9 Å². The number of fused-ring (bicyclic) bond motifs is 1. The molecule has 134 valence electrons. The monoisotopic (exact) mass is 356 g/mol. The van der Waals surface area contributed by atoms with E-state index in [1.165, 1.54) is 6.07 Å². The number of aromatic nitrogens is 2. The highest BCUT2D eigenvalue weighted by Gasteiger charge is 2.12. The lowest BCUT2D eigenvalue weighted by Gasteiger charge is -2.12. The number of hydrogen-bond donors (Lipinski definition) is 4. The number of amidine groups is 1. The summed E-state index contributed by atoms with van der Waals surface area (Å²) in [5.74, 6) is -0.211. The summed E-state index contributed by atoms with van der Waals surface area (Å²) < 4.78 is 5.74. The Hall–Kier alpha value is -3.94. The maximum atomic E-state index is 12.6. The second kappa shape index (κ2) is 7.75. The molecule has 0 radical (unpaired) electrons. The highest BCUT2D eigenvalue weighted by Crippen LogP contribution is 2.15. The third-order valence-electron chi connectivity index (χ3n) is 3.17. The van der Waals surface area contributed by atoms with Gasteiger partial charge in [0.15, 0.2) is 5.84 Å². The lowest BCUT2D eigenvalue weighted by molar-refractivity contribution is 0.164. The molecule has 1 aromatic heterocycles. The Balaban J connectivity index is 2.44. The van der Waals surface area contributed by atoms with Gasteiger partial charge in [-0.3, -0.25) is 15.6 Å². The van der Waals surface area contributed by atoms with E-state index in [-0.39, 0.29) is 23.5 Å². The number of nitrogens with one attached hydrogen (secondary N) is 3. The number of nitriles is 1. The highest BCUT2D eigenvalue weighted by atomic mass is 16.6. The van der Waals surface area contributed by atoms with Gasteiger partial charge in [0.1, 0.15) is 11.9 Å². The molecule has 0 bridgehead atoms. The largest absolute Gasteiger partial charge is 0.449 e. The molecule has 26 heavy (non-hydrogen) atoms. The van der Waals surface area contributed by atoms with Crippen LogP contribution in [0, 0.1) is 23.7 Å². The van der Waals surface area contributed by atoms with Gasteiger partial charge in [-0.05, 0) is 32.0 Å². The lowest BCUT2D eigenvalue weighted by Crippen LogP contribution is -2.35. The van der Waals surface area contributed by atoms with Crippen LogP contribution in [0.4, 0.5) is 10.5 Å². The number of ether oxygens (including phenoxy) is 1. The van der Waals surface area contributed by atoms with Crippen molar-refractivity contribution in [2.75, 3.05) is 17.5 Å². The molecule has 0 aliphatic heterocycles. The number of benzene rings is 1. The summed E-state index contributed by atoms with van der Waals surface area (Å²) in [5, 5.41) is 19.9.